The molecule has 0 amide bonds. The molecule has 2 aromatic rings. The average Bonchev–Trinajstić information content (AvgIpc) is 3.31. The molecule has 1 aromatic carbocycles. The highest BCUT2D eigenvalue weighted by Crippen LogP contribution is 2.39. The summed E-state index contributed by atoms with van der Waals surface area (Å²) in [7, 11) is 1.93. The van der Waals surface area contributed by atoms with Gasteiger partial charge in [0.05, 0.1) is 11.5 Å². The highest BCUT2D eigenvalue weighted by molar-refractivity contribution is 6.09. The Labute approximate surface area is 177 Å². The monoisotopic (exact) mass is 407 g/mol. The van der Waals surface area contributed by atoms with Crippen LogP contribution in [-0.2, 0) is 0 Å². The van der Waals surface area contributed by atoms with Crippen LogP contribution in [0.1, 0.15) is 49.5 Å². The Morgan fingerprint density at radius 1 is 1.33 bits per heavy atom. The Morgan fingerprint density at radius 3 is 2.57 bits per heavy atom. The molecular weight excluding hydrogens is 378 g/mol. The van der Waals surface area contributed by atoms with Gasteiger partial charge in [-0.05, 0) is 16.5 Å². The van der Waals surface area contributed by atoms with Crippen molar-refractivity contribution in [1.82, 2.24) is 20.6 Å². The molecule has 0 spiro atoms. The van der Waals surface area contributed by atoms with E-state index < -0.39 is 0 Å². The first-order valence-corrected chi connectivity index (χ1v) is 9.70. The van der Waals surface area contributed by atoms with Gasteiger partial charge in [0.1, 0.15) is 5.82 Å². The molecule has 3 rings (SSSR count). The summed E-state index contributed by atoms with van der Waals surface area (Å²) in [6.45, 7) is 10.7. The van der Waals surface area contributed by atoms with E-state index in [1.54, 1.807) is 6.21 Å². The fourth-order valence-corrected chi connectivity index (χ4v) is 3.42. The number of benzene rings is 1. The standard InChI is InChI=1S/C22H29N7O/c1-14(24)25-11-17(10-23)15-6-8-16(9-7-15)19(22(2,3)4)20-27-21(30-28-20)18-12-26-29(5)13-18/h6-11,13,19,26H,1,12,23-24H2,2-5H3/b17-10+,25-11-/t19-/m1/s1. The molecule has 0 saturated heterocycles. The second kappa shape index (κ2) is 8.54. The Hall–Kier alpha value is -3.39. The molecule has 1 aliphatic rings. The van der Waals surface area contributed by atoms with Crippen molar-refractivity contribution in [1.29, 1.82) is 0 Å². The summed E-state index contributed by atoms with van der Waals surface area (Å²) in [5.41, 5.74) is 18.1. The number of aromatic nitrogens is 2. The summed E-state index contributed by atoms with van der Waals surface area (Å²) in [5.74, 6) is 1.39. The molecule has 30 heavy (non-hydrogen) atoms. The summed E-state index contributed by atoms with van der Waals surface area (Å²) < 4.78 is 5.57. The van der Waals surface area contributed by atoms with E-state index in [4.69, 9.17) is 21.0 Å². The summed E-state index contributed by atoms with van der Waals surface area (Å²) >= 11 is 0. The third-order valence-electron chi connectivity index (χ3n) is 4.84. The maximum Gasteiger partial charge on any atom is 0.256 e. The van der Waals surface area contributed by atoms with E-state index in [0.29, 0.717) is 18.3 Å². The highest BCUT2D eigenvalue weighted by atomic mass is 16.5. The molecule has 0 aliphatic carbocycles. The van der Waals surface area contributed by atoms with Crippen LogP contribution in [0, 0.1) is 5.41 Å². The first-order valence-electron chi connectivity index (χ1n) is 9.70. The Kier molecular flexibility index (Phi) is 6.07. The van der Waals surface area contributed by atoms with Crippen molar-refractivity contribution < 1.29 is 4.52 Å². The van der Waals surface area contributed by atoms with E-state index in [2.05, 4.69) is 55.1 Å². The molecule has 0 radical (unpaired) electrons. The minimum absolute atomic E-state index is 0.0421. The van der Waals surface area contributed by atoms with Gasteiger partial charge in [0.2, 0.25) is 0 Å². The lowest BCUT2D eigenvalue weighted by molar-refractivity contribution is 0.329. The van der Waals surface area contributed by atoms with Crippen molar-refractivity contribution in [3.63, 3.8) is 0 Å². The molecule has 1 atom stereocenters. The Morgan fingerprint density at radius 2 is 2.03 bits per heavy atom. The molecule has 8 heteroatoms. The van der Waals surface area contributed by atoms with Crippen LogP contribution >= 0.6 is 0 Å². The maximum absolute atomic E-state index is 5.75. The van der Waals surface area contributed by atoms with Crippen molar-refractivity contribution in [2.75, 3.05) is 13.6 Å². The number of nitrogens with zero attached hydrogens (tertiary/aromatic N) is 4. The summed E-state index contributed by atoms with van der Waals surface area (Å²) in [6.07, 6.45) is 5.05. The minimum Gasteiger partial charge on any atom is -0.404 e. The maximum atomic E-state index is 5.75. The average molecular weight is 408 g/mol. The van der Waals surface area contributed by atoms with Crippen LogP contribution in [0.4, 0.5) is 0 Å². The lowest BCUT2D eigenvalue weighted by Crippen LogP contribution is -2.23. The smallest absolute Gasteiger partial charge is 0.256 e. The second-order valence-corrected chi connectivity index (χ2v) is 8.35. The first kappa shape index (κ1) is 21.3. The number of aliphatic imine (C=N–C) groups is 1. The molecule has 158 valence electrons. The molecule has 2 heterocycles. The van der Waals surface area contributed by atoms with E-state index in [9.17, 15) is 0 Å². The zero-order chi connectivity index (χ0) is 21.9. The lowest BCUT2D eigenvalue weighted by atomic mass is 9.76. The van der Waals surface area contributed by atoms with Gasteiger partial charge in [-0.15, -0.1) is 0 Å². The number of hydrazine groups is 1. The van der Waals surface area contributed by atoms with Gasteiger partial charge >= 0.3 is 0 Å². The van der Waals surface area contributed by atoms with E-state index in [1.807, 2.05) is 30.4 Å². The predicted molar refractivity (Wildman–Crippen MR) is 120 cm³/mol. The van der Waals surface area contributed by atoms with E-state index >= 15 is 0 Å². The Bertz CT molecular complexity index is 993. The third kappa shape index (κ3) is 4.77. The number of nitrogens with two attached hydrogens (primary N) is 2. The zero-order valence-corrected chi connectivity index (χ0v) is 17.9. The van der Waals surface area contributed by atoms with E-state index in [1.165, 1.54) is 6.20 Å². The number of hydrogen-bond donors (Lipinski definition) is 3. The molecule has 0 fully saturated rings. The first-order chi connectivity index (χ1) is 14.2. The summed E-state index contributed by atoms with van der Waals surface area (Å²) in [6, 6.07) is 8.11. The lowest BCUT2D eigenvalue weighted by Gasteiger charge is -2.28. The number of rotatable bonds is 6. The summed E-state index contributed by atoms with van der Waals surface area (Å²) in [4.78, 5) is 8.73. The highest BCUT2D eigenvalue weighted by Gasteiger charge is 2.32. The van der Waals surface area contributed by atoms with Gasteiger partial charge in [0.15, 0.2) is 5.82 Å². The van der Waals surface area contributed by atoms with Crippen LogP contribution in [0.5, 0.6) is 0 Å². The molecule has 0 unspecified atom stereocenters. The van der Waals surface area contributed by atoms with Crippen LogP contribution < -0.4 is 16.9 Å². The van der Waals surface area contributed by atoms with E-state index in [-0.39, 0.29) is 17.2 Å². The van der Waals surface area contributed by atoms with Crippen LogP contribution in [0.15, 0.2) is 58.6 Å². The van der Waals surface area contributed by atoms with Gasteiger partial charge in [-0.1, -0.05) is 56.8 Å². The molecule has 8 nitrogen and oxygen atoms in total. The van der Waals surface area contributed by atoms with Gasteiger partial charge in [-0.3, -0.25) is 0 Å². The molecule has 0 saturated carbocycles. The normalized spacial score (nSPS) is 16.2. The van der Waals surface area contributed by atoms with Crippen LogP contribution in [-0.4, -0.2) is 35.0 Å². The molecular formula is C22H29N7O. The topological polar surface area (TPSA) is 119 Å². The number of hydrogen-bond acceptors (Lipinski definition) is 8. The Balaban J connectivity index is 1.91. The molecule has 5 N–H and O–H groups in total. The number of nitrogens with one attached hydrogen (secondary N) is 1. The van der Waals surface area contributed by atoms with Gasteiger partial charge in [-0.25, -0.2) is 10.4 Å². The second-order valence-electron chi connectivity index (χ2n) is 8.35. The number of allylic oxidation sites excluding steroid dienone is 1. The quantitative estimate of drug-likeness (QED) is 0.630. The van der Waals surface area contributed by atoms with Crippen molar-refractivity contribution in [2.24, 2.45) is 21.9 Å². The zero-order valence-electron chi connectivity index (χ0n) is 17.9. The summed E-state index contributed by atoms with van der Waals surface area (Å²) in [5, 5.41) is 6.18. The van der Waals surface area contributed by atoms with Crippen LogP contribution in [0.3, 0.4) is 0 Å². The third-order valence-corrected chi connectivity index (χ3v) is 4.84. The van der Waals surface area contributed by atoms with E-state index in [0.717, 1.165) is 22.3 Å². The van der Waals surface area contributed by atoms with Crippen molar-refractivity contribution in [2.45, 2.75) is 26.7 Å². The van der Waals surface area contributed by atoms with Crippen molar-refractivity contribution in [3.8, 4) is 0 Å². The van der Waals surface area contributed by atoms with Gasteiger partial charge in [0.25, 0.3) is 5.89 Å². The largest absolute Gasteiger partial charge is 0.404 e. The SMILES string of the molecule is C=C(N)/N=C\C(=C/N)c1ccc([C@H](c2noc(C3=CN(C)NC3)n2)C(C)(C)C)cc1. The fraction of sp³-hybridized carbons (Fsp3) is 0.318. The fourth-order valence-electron chi connectivity index (χ4n) is 3.42. The van der Waals surface area contributed by atoms with Gasteiger partial charge < -0.3 is 21.0 Å². The predicted octanol–water partition coefficient (Wildman–Crippen LogP) is 2.84. The van der Waals surface area contributed by atoms with Gasteiger partial charge in [0, 0.05) is 37.8 Å². The van der Waals surface area contributed by atoms with Crippen LogP contribution in [0.2, 0.25) is 0 Å². The minimum atomic E-state index is -0.118. The van der Waals surface area contributed by atoms with Crippen LogP contribution in [0.25, 0.3) is 11.1 Å². The molecule has 1 aromatic heterocycles. The molecule has 1 aliphatic heterocycles. The van der Waals surface area contributed by atoms with Crippen molar-refractivity contribution in [3.05, 3.63) is 71.9 Å². The molecule has 0 bridgehead atoms. The van der Waals surface area contributed by atoms with Gasteiger partial charge in [-0.2, -0.15) is 4.98 Å². The van der Waals surface area contributed by atoms with Crippen molar-refractivity contribution >= 4 is 17.4 Å².